The van der Waals surface area contributed by atoms with Crippen LogP contribution in [0.2, 0.25) is 0 Å². The summed E-state index contributed by atoms with van der Waals surface area (Å²) in [4.78, 5) is 14.1. The number of hydrogen-bond donors (Lipinski definition) is 1. The van der Waals surface area contributed by atoms with Crippen LogP contribution in [0.5, 0.6) is 0 Å². The molecule has 0 aliphatic rings. The van der Waals surface area contributed by atoms with Crippen molar-refractivity contribution in [1.29, 1.82) is 0 Å². The van der Waals surface area contributed by atoms with Crippen molar-refractivity contribution in [2.45, 2.75) is 27.7 Å². The van der Waals surface area contributed by atoms with Gasteiger partial charge in [0, 0.05) is 19.3 Å². The quantitative estimate of drug-likeness (QED) is 0.890. The molecule has 0 radical (unpaired) electrons. The van der Waals surface area contributed by atoms with Crippen molar-refractivity contribution in [2.24, 2.45) is 17.6 Å². The lowest BCUT2D eigenvalue weighted by atomic mass is 9.94. The van der Waals surface area contributed by atoms with Gasteiger partial charge in [0.1, 0.15) is 0 Å². The van der Waals surface area contributed by atoms with Crippen LogP contribution in [0.1, 0.15) is 25.0 Å². The Morgan fingerprint density at radius 2 is 1.72 bits per heavy atom. The molecule has 2 N–H and O–H groups in total. The second-order valence-corrected chi connectivity index (χ2v) is 5.33. The van der Waals surface area contributed by atoms with E-state index in [1.165, 1.54) is 11.1 Å². The smallest absolute Gasteiger partial charge is 0.231 e. The lowest BCUT2D eigenvalue weighted by Gasteiger charge is -2.26. The number of carbonyl (C=O) groups excluding carboxylic acids is 1. The van der Waals surface area contributed by atoms with Gasteiger partial charge in [0.05, 0.1) is 5.92 Å². The molecule has 3 heteroatoms. The summed E-state index contributed by atoms with van der Waals surface area (Å²) < 4.78 is 0. The fourth-order valence-electron chi connectivity index (χ4n) is 2.18. The summed E-state index contributed by atoms with van der Waals surface area (Å²) in [7, 11) is 1.82. The van der Waals surface area contributed by atoms with Crippen molar-refractivity contribution in [1.82, 2.24) is 0 Å². The van der Waals surface area contributed by atoms with E-state index < -0.39 is 0 Å². The summed E-state index contributed by atoms with van der Waals surface area (Å²) in [5.41, 5.74) is 8.97. The average molecular weight is 248 g/mol. The Morgan fingerprint density at radius 3 is 2.11 bits per heavy atom. The molecule has 1 aromatic rings. The van der Waals surface area contributed by atoms with Crippen LogP contribution in [0, 0.1) is 25.7 Å². The van der Waals surface area contributed by atoms with Gasteiger partial charge in [0.25, 0.3) is 0 Å². The van der Waals surface area contributed by atoms with E-state index in [-0.39, 0.29) is 17.7 Å². The van der Waals surface area contributed by atoms with Crippen molar-refractivity contribution in [3.63, 3.8) is 0 Å². The van der Waals surface area contributed by atoms with Crippen LogP contribution in [-0.2, 0) is 4.79 Å². The van der Waals surface area contributed by atoms with Crippen molar-refractivity contribution in [2.75, 3.05) is 18.5 Å². The molecule has 0 saturated carbocycles. The predicted octanol–water partition coefficient (Wildman–Crippen LogP) is 2.50. The first-order valence-electron chi connectivity index (χ1n) is 6.42. The van der Waals surface area contributed by atoms with E-state index in [1.807, 2.05) is 46.9 Å². The highest BCUT2D eigenvalue weighted by Crippen LogP contribution is 2.21. The molecule has 0 fully saturated rings. The Bertz CT molecular complexity index is 406. The molecule has 1 rings (SSSR count). The number of hydrogen-bond acceptors (Lipinski definition) is 2. The molecule has 0 aliphatic heterocycles. The van der Waals surface area contributed by atoms with Gasteiger partial charge in [-0.3, -0.25) is 4.79 Å². The Balaban J connectivity index is 2.98. The number of anilines is 1. The summed E-state index contributed by atoms with van der Waals surface area (Å²) in [6.45, 7) is 8.54. The zero-order chi connectivity index (χ0) is 13.9. The zero-order valence-corrected chi connectivity index (χ0v) is 12.0. The number of carbonyl (C=O) groups is 1. The topological polar surface area (TPSA) is 46.3 Å². The number of benzene rings is 1. The van der Waals surface area contributed by atoms with Crippen molar-refractivity contribution in [3.8, 4) is 0 Å². The Kier molecular flexibility index (Phi) is 4.91. The van der Waals surface area contributed by atoms with Gasteiger partial charge in [-0.2, -0.15) is 0 Å². The van der Waals surface area contributed by atoms with Gasteiger partial charge < -0.3 is 10.6 Å². The maximum absolute atomic E-state index is 12.4. The van der Waals surface area contributed by atoms with Gasteiger partial charge in [0.2, 0.25) is 5.91 Å². The summed E-state index contributed by atoms with van der Waals surface area (Å²) in [5, 5.41) is 0. The molecule has 0 aliphatic carbocycles. The van der Waals surface area contributed by atoms with E-state index in [4.69, 9.17) is 5.73 Å². The van der Waals surface area contributed by atoms with Gasteiger partial charge in [-0.25, -0.2) is 0 Å². The third-order valence-corrected chi connectivity index (χ3v) is 3.30. The van der Waals surface area contributed by atoms with Crippen LogP contribution < -0.4 is 10.6 Å². The Hall–Kier alpha value is -1.35. The highest BCUT2D eigenvalue weighted by molar-refractivity contribution is 5.95. The van der Waals surface area contributed by atoms with E-state index in [0.717, 1.165) is 5.69 Å². The molecule has 0 saturated heterocycles. The van der Waals surface area contributed by atoms with Crippen LogP contribution in [0.3, 0.4) is 0 Å². The molecule has 0 heterocycles. The van der Waals surface area contributed by atoms with Crippen molar-refractivity contribution >= 4 is 11.6 Å². The monoisotopic (exact) mass is 248 g/mol. The Morgan fingerprint density at radius 1 is 1.22 bits per heavy atom. The van der Waals surface area contributed by atoms with Crippen LogP contribution in [0.25, 0.3) is 0 Å². The molecule has 0 aromatic heterocycles. The minimum absolute atomic E-state index is 0.0949. The highest BCUT2D eigenvalue weighted by Gasteiger charge is 2.24. The minimum Gasteiger partial charge on any atom is -0.330 e. The molecule has 1 amide bonds. The molecule has 0 bridgehead atoms. The van der Waals surface area contributed by atoms with E-state index in [1.54, 1.807) is 4.90 Å². The fraction of sp³-hybridized carbons (Fsp3) is 0.533. The van der Waals surface area contributed by atoms with Gasteiger partial charge in [-0.05, 0) is 43.0 Å². The summed E-state index contributed by atoms with van der Waals surface area (Å²) >= 11 is 0. The highest BCUT2D eigenvalue weighted by atomic mass is 16.2. The normalized spacial score (nSPS) is 12.6. The van der Waals surface area contributed by atoms with Gasteiger partial charge in [-0.15, -0.1) is 0 Å². The fourth-order valence-corrected chi connectivity index (χ4v) is 2.18. The van der Waals surface area contributed by atoms with Crippen molar-refractivity contribution < 1.29 is 4.79 Å². The van der Waals surface area contributed by atoms with Gasteiger partial charge >= 0.3 is 0 Å². The number of amides is 1. The van der Waals surface area contributed by atoms with Crippen LogP contribution in [0.15, 0.2) is 18.2 Å². The summed E-state index contributed by atoms with van der Waals surface area (Å²) in [5.74, 6) is 0.240. The van der Waals surface area contributed by atoms with Crippen molar-refractivity contribution in [3.05, 3.63) is 29.3 Å². The van der Waals surface area contributed by atoms with Gasteiger partial charge in [0.15, 0.2) is 0 Å². The minimum atomic E-state index is -0.115. The molecule has 1 atom stereocenters. The molecular formula is C15H24N2O. The maximum Gasteiger partial charge on any atom is 0.231 e. The van der Waals surface area contributed by atoms with E-state index in [9.17, 15) is 4.79 Å². The molecule has 3 nitrogen and oxygen atoms in total. The van der Waals surface area contributed by atoms with E-state index in [0.29, 0.717) is 6.54 Å². The molecule has 100 valence electrons. The molecule has 1 unspecified atom stereocenters. The first kappa shape index (κ1) is 14.7. The average Bonchev–Trinajstić information content (AvgIpc) is 2.26. The lowest BCUT2D eigenvalue weighted by Crippen LogP contribution is -2.39. The van der Waals surface area contributed by atoms with E-state index >= 15 is 0 Å². The second-order valence-electron chi connectivity index (χ2n) is 5.33. The third kappa shape index (κ3) is 3.33. The number of nitrogens with two attached hydrogens (primary N) is 1. The standard InChI is InChI=1S/C15H24N2O/c1-10(2)14(9-16)15(18)17(5)13-7-11(3)6-12(4)8-13/h6-8,10,14H,9,16H2,1-5H3. The SMILES string of the molecule is Cc1cc(C)cc(N(C)C(=O)C(CN)C(C)C)c1. The number of rotatable bonds is 4. The first-order valence-corrected chi connectivity index (χ1v) is 6.42. The second kappa shape index (κ2) is 6.01. The Labute approximate surface area is 110 Å². The summed E-state index contributed by atoms with van der Waals surface area (Å²) in [6.07, 6.45) is 0. The number of nitrogens with zero attached hydrogens (tertiary/aromatic N) is 1. The predicted molar refractivity (Wildman–Crippen MR) is 76.7 cm³/mol. The molecule has 18 heavy (non-hydrogen) atoms. The lowest BCUT2D eigenvalue weighted by molar-refractivity contribution is -0.123. The largest absolute Gasteiger partial charge is 0.330 e. The van der Waals surface area contributed by atoms with E-state index in [2.05, 4.69) is 6.07 Å². The molecular weight excluding hydrogens is 224 g/mol. The third-order valence-electron chi connectivity index (χ3n) is 3.30. The van der Waals surface area contributed by atoms with Gasteiger partial charge in [-0.1, -0.05) is 19.9 Å². The number of aryl methyl sites for hydroxylation is 2. The summed E-state index contributed by atoms with van der Waals surface area (Å²) in [6, 6.07) is 6.16. The van der Waals surface area contributed by atoms with Crippen LogP contribution in [0.4, 0.5) is 5.69 Å². The molecule has 1 aromatic carbocycles. The van der Waals surface area contributed by atoms with Crippen LogP contribution in [-0.4, -0.2) is 19.5 Å². The first-order chi connectivity index (χ1) is 8.36. The molecule has 0 spiro atoms. The maximum atomic E-state index is 12.4. The zero-order valence-electron chi connectivity index (χ0n) is 12.0. The van der Waals surface area contributed by atoms with Crippen LogP contribution >= 0.6 is 0 Å².